The van der Waals surface area contributed by atoms with Crippen LogP contribution in [0.15, 0.2) is 41.1 Å². The number of halogens is 1. The van der Waals surface area contributed by atoms with Crippen LogP contribution < -0.4 is 5.32 Å². The van der Waals surface area contributed by atoms with Gasteiger partial charge in [0.05, 0.1) is 0 Å². The topological polar surface area (TPSA) is 12.0 Å². The zero-order valence-electron chi connectivity index (χ0n) is 9.82. The minimum absolute atomic E-state index is 0.459. The normalized spacial score (nSPS) is 12.6. The van der Waals surface area contributed by atoms with Gasteiger partial charge in [0.25, 0.3) is 0 Å². The van der Waals surface area contributed by atoms with Gasteiger partial charge in [-0.05, 0) is 47.4 Å². The van der Waals surface area contributed by atoms with Gasteiger partial charge in [0, 0.05) is 17.6 Å². The molecule has 0 radical (unpaired) electrons. The fourth-order valence-electron chi connectivity index (χ4n) is 1.76. The fraction of sp³-hybridized carbons (Fsp3) is 0.286. The van der Waals surface area contributed by atoms with Crippen molar-refractivity contribution in [2.45, 2.75) is 25.9 Å². The van der Waals surface area contributed by atoms with Crippen LogP contribution in [0.1, 0.15) is 18.1 Å². The molecule has 0 aliphatic carbocycles. The second-order valence-electron chi connectivity index (χ2n) is 4.21. The summed E-state index contributed by atoms with van der Waals surface area (Å²) in [5.74, 6) is 0. The van der Waals surface area contributed by atoms with E-state index in [0.29, 0.717) is 6.04 Å². The first kappa shape index (κ1) is 12.6. The van der Waals surface area contributed by atoms with E-state index >= 15 is 0 Å². The maximum absolute atomic E-state index is 6.11. The van der Waals surface area contributed by atoms with E-state index in [1.54, 1.807) is 11.3 Å². The molecule has 1 aromatic carbocycles. The van der Waals surface area contributed by atoms with Gasteiger partial charge in [0.2, 0.25) is 0 Å². The molecule has 0 saturated heterocycles. The molecular weight excluding hydrogens is 250 g/mol. The minimum atomic E-state index is 0.459. The molecule has 90 valence electrons. The lowest BCUT2D eigenvalue weighted by atomic mass is 10.1. The Kier molecular flexibility index (Phi) is 4.60. The van der Waals surface area contributed by atoms with Crippen molar-refractivity contribution in [2.75, 3.05) is 0 Å². The van der Waals surface area contributed by atoms with Crippen LogP contribution in [-0.4, -0.2) is 6.04 Å². The van der Waals surface area contributed by atoms with Gasteiger partial charge in [0.1, 0.15) is 0 Å². The molecular formula is C14H16ClNS. The molecule has 0 spiro atoms. The van der Waals surface area contributed by atoms with Gasteiger partial charge >= 0.3 is 0 Å². The molecule has 0 saturated carbocycles. The Balaban J connectivity index is 1.84. The molecule has 1 N–H and O–H groups in total. The zero-order valence-corrected chi connectivity index (χ0v) is 11.4. The fourth-order valence-corrected chi connectivity index (χ4v) is 2.64. The third-order valence-electron chi connectivity index (χ3n) is 2.72. The summed E-state index contributed by atoms with van der Waals surface area (Å²) in [5, 5.41) is 8.66. The highest BCUT2D eigenvalue weighted by Gasteiger charge is 2.05. The molecule has 0 bridgehead atoms. The summed E-state index contributed by atoms with van der Waals surface area (Å²) in [6, 6.07) is 10.6. The molecule has 1 atom stereocenters. The molecule has 1 unspecified atom stereocenters. The third kappa shape index (κ3) is 3.84. The summed E-state index contributed by atoms with van der Waals surface area (Å²) in [6.07, 6.45) is 1.06. The lowest BCUT2D eigenvalue weighted by Crippen LogP contribution is -2.27. The molecule has 2 rings (SSSR count). The monoisotopic (exact) mass is 265 g/mol. The van der Waals surface area contributed by atoms with Crippen molar-refractivity contribution in [1.29, 1.82) is 0 Å². The predicted octanol–water partition coefficient (Wildman–Crippen LogP) is 4.12. The largest absolute Gasteiger partial charge is 0.310 e. The van der Waals surface area contributed by atoms with Crippen LogP contribution in [0.4, 0.5) is 0 Å². The van der Waals surface area contributed by atoms with Crippen molar-refractivity contribution in [3.05, 3.63) is 57.2 Å². The Morgan fingerprint density at radius 1 is 1.29 bits per heavy atom. The Morgan fingerprint density at radius 2 is 2.12 bits per heavy atom. The van der Waals surface area contributed by atoms with Gasteiger partial charge in [-0.15, -0.1) is 0 Å². The van der Waals surface area contributed by atoms with E-state index in [1.807, 2.05) is 18.2 Å². The van der Waals surface area contributed by atoms with Crippen molar-refractivity contribution in [1.82, 2.24) is 5.32 Å². The molecule has 3 heteroatoms. The van der Waals surface area contributed by atoms with Crippen LogP contribution in [0.2, 0.25) is 5.02 Å². The van der Waals surface area contributed by atoms with Crippen molar-refractivity contribution in [3.63, 3.8) is 0 Å². The first-order chi connectivity index (χ1) is 8.25. The first-order valence-electron chi connectivity index (χ1n) is 5.73. The number of hydrogen-bond acceptors (Lipinski definition) is 2. The van der Waals surface area contributed by atoms with E-state index < -0.39 is 0 Å². The van der Waals surface area contributed by atoms with E-state index in [4.69, 9.17) is 11.6 Å². The Bertz CT molecular complexity index is 453. The number of benzene rings is 1. The van der Waals surface area contributed by atoms with Gasteiger partial charge in [-0.2, -0.15) is 11.3 Å². The molecule has 0 amide bonds. The van der Waals surface area contributed by atoms with E-state index in [9.17, 15) is 0 Å². The van der Waals surface area contributed by atoms with Crippen LogP contribution in [0.5, 0.6) is 0 Å². The van der Waals surface area contributed by atoms with Crippen molar-refractivity contribution < 1.29 is 0 Å². The third-order valence-corrected chi connectivity index (χ3v) is 3.82. The van der Waals surface area contributed by atoms with Gasteiger partial charge < -0.3 is 5.32 Å². The number of thiophene rings is 1. The van der Waals surface area contributed by atoms with E-state index in [1.165, 1.54) is 5.56 Å². The highest BCUT2D eigenvalue weighted by molar-refractivity contribution is 7.07. The van der Waals surface area contributed by atoms with Crippen LogP contribution in [-0.2, 0) is 13.0 Å². The van der Waals surface area contributed by atoms with E-state index in [-0.39, 0.29) is 0 Å². The number of hydrogen-bond donors (Lipinski definition) is 1. The Hall–Kier alpha value is -0.830. The summed E-state index contributed by atoms with van der Waals surface area (Å²) in [7, 11) is 0. The lowest BCUT2D eigenvalue weighted by Gasteiger charge is -2.13. The average molecular weight is 266 g/mol. The van der Waals surface area contributed by atoms with Crippen molar-refractivity contribution in [3.8, 4) is 0 Å². The number of rotatable bonds is 5. The highest BCUT2D eigenvalue weighted by Crippen LogP contribution is 2.15. The average Bonchev–Trinajstić information content (AvgIpc) is 2.81. The smallest absolute Gasteiger partial charge is 0.0450 e. The van der Waals surface area contributed by atoms with Gasteiger partial charge in [-0.3, -0.25) is 0 Å². The molecule has 0 fully saturated rings. The SMILES string of the molecule is CC(Cc1ccsc1)NCc1ccccc1Cl. The minimum Gasteiger partial charge on any atom is -0.310 e. The maximum atomic E-state index is 6.11. The van der Waals surface area contributed by atoms with Crippen LogP contribution >= 0.6 is 22.9 Å². The van der Waals surface area contributed by atoms with Crippen LogP contribution in [0, 0.1) is 0 Å². The second-order valence-corrected chi connectivity index (χ2v) is 5.40. The maximum Gasteiger partial charge on any atom is 0.0450 e. The summed E-state index contributed by atoms with van der Waals surface area (Å²) in [4.78, 5) is 0. The van der Waals surface area contributed by atoms with E-state index in [2.05, 4.69) is 35.1 Å². The summed E-state index contributed by atoms with van der Waals surface area (Å²) >= 11 is 7.86. The molecule has 1 heterocycles. The molecule has 1 nitrogen and oxygen atoms in total. The quantitative estimate of drug-likeness (QED) is 0.857. The zero-order chi connectivity index (χ0) is 12.1. The van der Waals surface area contributed by atoms with Crippen molar-refractivity contribution >= 4 is 22.9 Å². The predicted molar refractivity (Wildman–Crippen MR) is 75.8 cm³/mol. The Labute approximate surface area is 111 Å². The van der Waals surface area contributed by atoms with Crippen molar-refractivity contribution in [2.24, 2.45) is 0 Å². The number of nitrogens with one attached hydrogen (secondary N) is 1. The summed E-state index contributed by atoms with van der Waals surface area (Å²) < 4.78 is 0. The highest BCUT2D eigenvalue weighted by atomic mass is 35.5. The van der Waals surface area contributed by atoms with Gasteiger partial charge in [-0.25, -0.2) is 0 Å². The van der Waals surface area contributed by atoms with Crippen LogP contribution in [0.25, 0.3) is 0 Å². The molecule has 2 aromatic rings. The van der Waals surface area contributed by atoms with E-state index in [0.717, 1.165) is 23.6 Å². The first-order valence-corrected chi connectivity index (χ1v) is 7.05. The molecule has 1 aromatic heterocycles. The summed E-state index contributed by atoms with van der Waals surface area (Å²) in [5.41, 5.74) is 2.56. The molecule has 0 aliphatic heterocycles. The van der Waals surface area contributed by atoms with Gasteiger partial charge in [0.15, 0.2) is 0 Å². The Morgan fingerprint density at radius 3 is 2.82 bits per heavy atom. The standard InChI is InChI=1S/C14H16ClNS/c1-11(8-12-6-7-17-10-12)16-9-13-4-2-3-5-14(13)15/h2-7,10-11,16H,8-9H2,1H3. The molecule has 0 aliphatic rings. The summed E-state index contributed by atoms with van der Waals surface area (Å²) in [6.45, 7) is 3.03. The molecule has 17 heavy (non-hydrogen) atoms. The lowest BCUT2D eigenvalue weighted by molar-refractivity contribution is 0.546. The second kappa shape index (κ2) is 6.20. The van der Waals surface area contributed by atoms with Crippen LogP contribution in [0.3, 0.4) is 0 Å². The van der Waals surface area contributed by atoms with Gasteiger partial charge in [-0.1, -0.05) is 29.8 Å².